The van der Waals surface area contributed by atoms with E-state index in [2.05, 4.69) is 5.32 Å². The Hall–Kier alpha value is -2.99. The van der Waals surface area contributed by atoms with Gasteiger partial charge in [-0.2, -0.15) is 0 Å². The summed E-state index contributed by atoms with van der Waals surface area (Å²) in [6.07, 6.45) is 2.29. The zero-order valence-electron chi connectivity index (χ0n) is 21.3. The monoisotopic (exact) mass is 530 g/mol. The van der Waals surface area contributed by atoms with Gasteiger partial charge in [-0.25, -0.2) is 0 Å². The van der Waals surface area contributed by atoms with Crippen molar-refractivity contribution in [2.45, 2.75) is 49.5 Å². The SMILES string of the molecule is COc1cc(C=O)cc2c1OC1C2C(C(=O)NCCO)=CC(N(CC2CCCO2)C(=O)C2CCOC2)C1O. The van der Waals surface area contributed by atoms with Crippen molar-refractivity contribution >= 4 is 18.1 Å². The minimum atomic E-state index is -1.18. The fourth-order valence-corrected chi connectivity index (χ4v) is 5.89. The predicted octanol–water partition coefficient (Wildman–Crippen LogP) is 0.174. The average molecular weight is 531 g/mol. The number of ether oxygens (including phenoxy) is 4. The topological polar surface area (TPSA) is 144 Å². The second kappa shape index (κ2) is 11.4. The molecule has 0 bridgehead atoms. The van der Waals surface area contributed by atoms with Gasteiger partial charge in [-0.05, 0) is 37.5 Å². The minimum Gasteiger partial charge on any atom is -0.493 e. The van der Waals surface area contributed by atoms with Gasteiger partial charge in [0.25, 0.3) is 0 Å². The molecule has 6 unspecified atom stereocenters. The second-order valence-electron chi connectivity index (χ2n) is 10.1. The van der Waals surface area contributed by atoms with Crippen molar-refractivity contribution < 1.29 is 43.5 Å². The maximum absolute atomic E-state index is 13.7. The molecule has 3 heterocycles. The Morgan fingerprint density at radius 2 is 2.11 bits per heavy atom. The Labute approximate surface area is 220 Å². The maximum Gasteiger partial charge on any atom is 0.247 e. The Morgan fingerprint density at radius 1 is 1.26 bits per heavy atom. The summed E-state index contributed by atoms with van der Waals surface area (Å²) in [7, 11) is 1.45. The van der Waals surface area contributed by atoms with Crippen molar-refractivity contribution in [1.82, 2.24) is 10.2 Å². The Kier molecular flexibility index (Phi) is 7.98. The number of benzene rings is 1. The number of nitrogens with one attached hydrogen (secondary N) is 1. The van der Waals surface area contributed by atoms with Crippen molar-refractivity contribution in [2.24, 2.45) is 5.92 Å². The highest BCUT2D eigenvalue weighted by Gasteiger charge is 2.52. The van der Waals surface area contributed by atoms with Crippen molar-refractivity contribution in [1.29, 1.82) is 0 Å². The summed E-state index contributed by atoms with van der Waals surface area (Å²) >= 11 is 0. The second-order valence-corrected chi connectivity index (χ2v) is 10.1. The molecule has 0 saturated carbocycles. The van der Waals surface area contributed by atoms with Crippen LogP contribution in [0.25, 0.3) is 0 Å². The van der Waals surface area contributed by atoms with Crippen molar-refractivity contribution in [3.63, 3.8) is 0 Å². The van der Waals surface area contributed by atoms with Crippen molar-refractivity contribution in [3.05, 3.63) is 34.9 Å². The lowest BCUT2D eigenvalue weighted by atomic mass is 9.77. The Bertz CT molecular complexity index is 1090. The molecule has 206 valence electrons. The van der Waals surface area contributed by atoms with Crippen LogP contribution in [0.4, 0.5) is 0 Å². The van der Waals surface area contributed by atoms with Crippen LogP contribution >= 0.6 is 0 Å². The van der Waals surface area contributed by atoms with Crippen LogP contribution in [0.2, 0.25) is 0 Å². The molecule has 2 amide bonds. The first-order valence-corrected chi connectivity index (χ1v) is 13.1. The fourth-order valence-electron chi connectivity index (χ4n) is 5.89. The summed E-state index contributed by atoms with van der Waals surface area (Å²) in [5, 5.41) is 23.7. The summed E-state index contributed by atoms with van der Waals surface area (Å²) in [6, 6.07) is 2.30. The van der Waals surface area contributed by atoms with E-state index >= 15 is 0 Å². The van der Waals surface area contributed by atoms with Gasteiger partial charge in [-0.3, -0.25) is 14.4 Å². The van der Waals surface area contributed by atoms with Gasteiger partial charge >= 0.3 is 0 Å². The first kappa shape index (κ1) is 26.6. The lowest BCUT2D eigenvalue weighted by Gasteiger charge is -2.42. The van der Waals surface area contributed by atoms with E-state index in [1.807, 2.05) is 0 Å². The first-order valence-electron chi connectivity index (χ1n) is 13.1. The number of carbonyl (C=O) groups excluding carboxylic acids is 3. The molecule has 2 fully saturated rings. The first-order chi connectivity index (χ1) is 18.5. The lowest BCUT2D eigenvalue weighted by molar-refractivity contribution is -0.143. The third-order valence-electron chi connectivity index (χ3n) is 7.76. The van der Waals surface area contributed by atoms with E-state index in [0.29, 0.717) is 55.2 Å². The molecule has 3 N–H and O–H groups in total. The van der Waals surface area contributed by atoms with E-state index in [9.17, 15) is 24.6 Å². The van der Waals surface area contributed by atoms with Crippen LogP contribution in [0.1, 0.15) is 41.1 Å². The van der Waals surface area contributed by atoms with Crippen LogP contribution in [0, 0.1) is 5.92 Å². The van der Waals surface area contributed by atoms with Gasteiger partial charge in [-0.15, -0.1) is 0 Å². The highest BCUT2D eigenvalue weighted by atomic mass is 16.5. The molecule has 0 aromatic heterocycles. The van der Waals surface area contributed by atoms with E-state index in [1.165, 1.54) is 13.2 Å². The van der Waals surface area contributed by atoms with Gasteiger partial charge in [0.1, 0.15) is 18.5 Å². The lowest BCUT2D eigenvalue weighted by Crippen LogP contribution is -2.58. The molecule has 1 aliphatic carbocycles. The number of hydrogen-bond acceptors (Lipinski definition) is 9. The van der Waals surface area contributed by atoms with E-state index in [1.54, 1.807) is 17.0 Å². The third-order valence-corrected chi connectivity index (χ3v) is 7.76. The molecule has 2 saturated heterocycles. The van der Waals surface area contributed by atoms with Gasteiger partial charge in [0, 0.05) is 43.0 Å². The van der Waals surface area contributed by atoms with E-state index < -0.39 is 30.1 Å². The molecule has 11 heteroatoms. The van der Waals surface area contributed by atoms with Gasteiger partial charge in [-0.1, -0.05) is 0 Å². The van der Waals surface area contributed by atoms with Gasteiger partial charge < -0.3 is 39.4 Å². The number of hydrogen-bond donors (Lipinski definition) is 3. The summed E-state index contributed by atoms with van der Waals surface area (Å²) in [6.45, 7) is 1.45. The molecule has 0 spiro atoms. The Balaban J connectivity index is 1.57. The molecule has 1 aromatic carbocycles. The molecule has 11 nitrogen and oxygen atoms in total. The highest BCUT2D eigenvalue weighted by Crippen LogP contribution is 2.51. The summed E-state index contributed by atoms with van der Waals surface area (Å²) in [5.74, 6) is -1.02. The molecule has 38 heavy (non-hydrogen) atoms. The van der Waals surface area contributed by atoms with Gasteiger partial charge in [0.2, 0.25) is 11.8 Å². The zero-order valence-corrected chi connectivity index (χ0v) is 21.3. The number of amides is 2. The van der Waals surface area contributed by atoms with Crippen molar-refractivity contribution in [3.8, 4) is 11.5 Å². The van der Waals surface area contributed by atoms with Crippen LogP contribution in [0.15, 0.2) is 23.8 Å². The average Bonchev–Trinajstić information content (AvgIpc) is 3.71. The molecule has 5 rings (SSSR count). The number of aliphatic hydroxyl groups is 2. The molecule has 4 aliphatic rings. The summed E-state index contributed by atoms with van der Waals surface area (Å²) < 4.78 is 23.0. The Morgan fingerprint density at radius 3 is 2.76 bits per heavy atom. The standard InChI is InChI=1S/C27H34N2O9/c1-35-21-10-15(13-31)9-18-22-19(26(33)28-5-6-30)11-20(23(32)25(22)38-24(18)21)29(12-17-3-2-7-37-17)27(34)16-4-8-36-14-16/h9-11,13,16-17,20,22-23,25,30,32H,2-8,12,14H2,1H3,(H,28,33). The minimum absolute atomic E-state index is 0.0319. The van der Waals surface area contributed by atoms with Gasteiger partial charge in [0.15, 0.2) is 11.5 Å². The van der Waals surface area contributed by atoms with Crippen LogP contribution in [-0.4, -0.2) is 104 Å². The smallest absolute Gasteiger partial charge is 0.247 e. The number of rotatable bonds is 9. The number of nitrogens with zero attached hydrogens (tertiary/aromatic N) is 1. The molecular weight excluding hydrogens is 496 g/mol. The highest BCUT2D eigenvalue weighted by molar-refractivity contribution is 5.96. The predicted molar refractivity (Wildman–Crippen MR) is 133 cm³/mol. The van der Waals surface area contributed by atoms with Crippen LogP contribution in [0.5, 0.6) is 11.5 Å². The van der Waals surface area contributed by atoms with Crippen LogP contribution in [0.3, 0.4) is 0 Å². The van der Waals surface area contributed by atoms with E-state index in [4.69, 9.17) is 18.9 Å². The van der Waals surface area contributed by atoms with Crippen molar-refractivity contribution in [2.75, 3.05) is 46.6 Å². The normalized spacial score (nSPS) is 29.6. The fraction of sp³-hybridized carbons (Fsp3) is 0.593. The summed E-state index contributed by atoms with van der Waals surface area (Å²) in [4.78, 5) is 40.4. The number of fused-ring (bicyclic) bond motifs is 3. The molecule has 3 aliphatic heterocycles. The molecule has 1 aromatic rings. The molecule has 0 radical (unpaired) electrons. The summed E-state index contributed by atoms with van der Waals surface area (Å²) in [5.41, 5.74) is 1.17. The van der Waals surface area contributed by atoms with Gasteiger partial charge in [0.05, 0.1) is 44.3 Å². The third kappa shape index (κ3) is 4.91. The number of aldehydes is 1. The van der Waals surface area contributed by atoms with Crippen LogP contribution in [-0.2, 0) is 19.1 Å². The number of methoxy groups -OCH3 is 1. The molecular formula is C27H34N2O9. The maximum atomic E-state index is 13.7. The quantitative estimate of drug-likeness (QED) is 0.381. The number of carbonyl (C=O) groups is 3. The van der Waals surface area contributed by atoms with E-state index in [-0.39, 0.29) is 43.2 Å². The molecule has 6 atom stereocenters. The number of aliphatic hydroxyl groups excluding tert-OH is 2. The zero-order chi connectivity index (χ0) is 26.8. The van der Waals surface area contributed by atoms with Crippen LogP contribution < -0.4 is 14.8 Å². The largest absolute Gasteiger partial charge is 0.493 e. The van der Waals surface area contributed by atoms with E-state index in [0.717, 1.165) is 12.8 Å².